The Kier molecular flexibility index (Phi) is 2.54. The van der Waals surface area contributed by atoms with Crippen LogP contribution in [0, 0.1) is 5.82 Å². The summed E-state index contributed by atoms with van der Waals surface area (Å²) in [5, 5.41) is 3.14. The van der Waals surface area contributed by atoms with Gasteiger partial charge in [-0.15, -0.1) is 0 Å². The summed E-state index contributed by atoms with van der Waals surface area (Å²) in [4.78, 5) is 0. The standard InChI is InChI=1S/C10H12FNO2/c1-13-8-3-2-7-6-12-4-5-14-10(7)9(8)11/h2-3,12H,4-6H2,1H3. The Balaban J connectivity index is 2.44. The largest absolute Gasteiger partial charge is 0.494 e. The van der Waals surface area contributed by atoms with Crippen molar-refractivity contribution in [3.05, 3.63) is 23.5 Å². The zero-order valence-electron chi connectivity index (χ0n) is 7.97. The van der Waals surface area contributed by atoms with Gasteiger partial charge in [0.25, 0.3) is 0 Å². The van der Waals surface area contributed by atoms with E-state index in [9.17, 15) is 4.39 Å². The summed E-state index contributed by atoms with van der Waals surface area (Å²) in [6.07, 6.45) is 0. The molecule has 1 aliphatic rings. The number of methoxy groups -OCH3 is 1. The molecule has 0 saturated carbocycles. The van der Waals surface area contributed by atoms with Crippen LogP contribution >= 0.6 is 0 Å². The van der Waals surface area contributed by atoms with Gasteiger partial charge in [0.2, 0.25) is 5.82 Å². The summed E-state index contributed by atoms with van der Waals surface area (Å²) in [5.74, 6) is 0.133. The van der Waals surface area contributed by atoms with E-state index in [4.69, 9.17) is 9.47 Å². The van der Waals surface area contributed by atoms with Crippen LogP contribution in [0.5, 0.6) is 11.5 Å². The van der Waals surface area contributed by atoms with Crippen molar-refractivity contribution < 1.29 is 13.9 Å². The highest BCUT2D eigenvalue weighted by molar-refractivity contribution is 5.43. The van der Waals surface area contributed by atoms with E-state index in [0.29, 0.717) is 18.9 Å². The zero-order valence-corrected chi connectivity index (χ0v) is 7.97. The van der Waals surface area contributed by atoms with E-state index in [1.807, 2.05) is 6.07 Å². The molecule has 0 radical (unpaired) electrons. The molecule has 76 valence electrons. The molecule has 14 heavy (non-hydrogen) atoms. The average Bonchev–Trinajstić information content (AvgIpc) is 2.44. The third-order valence-electron chi connectivity index (χ3n) is 2.20. The molecule has 1 N–H and O–H groups in total. The molecule has 1 aromatic carbocycles. The van der Waals surface area contributed by atoms with Crippen molar-refractivity contribution in [3.8, 4) is 11.5 Å². The quantitative estimate of drug-likeness (QED) is 0.736. The van der Waals surface area contributed by atoms with Gasteiger partial charge in [0.05, 0.1) is 7.11 Å². The summed E-state index contributed by atoms with van der Waals surface area (Å²) >= 11 is 0. The maximum absolute atomic E-state index is 13.7. The minimum Gasteiger partial charge on any atom is -0.494 e. The van der Waals surface area contributed by atoms with Crippen molar-refractivity contribution in [3.63, 3.8) is 0 Å². The van der Waals surface area contributed by atoms with Crippen molar-refractivity contribution in [2.45, 2.75) is 6.54 Å². The molecule has 0 saturated heterocycles. The average molecular weight is 197 g/mol. The Morgan fingerprint density at radius 3 is 3.14 bits per heavy atom. The fraction of sp³-hybridized carbons (Fsp3) is 0.400. The highest BCUT2D eigenvalue weighted by Crippen LogP contribution is 2.31. The minimum absolute atomic E-state index is 0.227. The van der Waals surface area contributed by atoms with Crippen molar-refractivity contribution in [1.29, 1.82) is 0 Å². The monoisotopic (exact) mass is 197 g/mol. The molecule has 1 heterocycles. The Morgan fingerprint density at radius 1 is 1.50 bits per heavy atom. The Hall–Kier alpha value is -1.29. The summed E-state index contributed by atoms with van der Waals surface area (Å²) < 4.78 is 23.8. The molecule has 0 bridgehead atoms. The van der Waals surface area contributed by atoms with E-state index in [1.165, 1.54) is 7.11 Å². The maximum Gasteiger partial charge on any atom is 0.207 e. The second-order valence-corrected chi connectivity index (χ2v) is 3.10. The lowest BCUT2D eigenvalue weighted by molar-refractivity contribution is 0.300. The second kappa shape index (κ2) is 3.84. The summed E-state index contributed by atoms with van der Waals surface area (Å²) in [6.45, 7) is 1.85. The lowest BCUT2D eigenvalue weighted by Crippen LogP contribution is -2.16. The highest BCUT2D eigenvalue weighted by atomic mass is 19.1. The van der Waals surface area contributed by atoms with Gasteiger partial charge in [0, 0.05) is 18.7 Å². The van der Waals surface area contributed by atoms with E-state index >= 15 is 0 Å². The molecule has 0 unspecified atom stereocenters. The lowest BCUT2D eigenvalue weighted by Gasteiger charge is -2.10. The Labute approximate surface area is 81.8 Å². The van der Waals surface area contributed by atoms with Gasteiger partial charge in [-0.3, -0.25) is 0 Å². The summed E-state index contributed by atoms with van der Waals surface area (Å²) in [5.41, 5.74) is 0.834. The van der Waals surface area contributed by atoms with Crippen LogP contribution < -0.4 is 14.8 Å². The zero-order chi connectivity index (χ0) is 9.97. The third kappa shape index (κ3) is 1.53. The number of halogens is 1. The molecular weight excluding hydrogens is 185 g/mol. The molecule has 0 spiro atoms. The van der Waals surface area contributed by atoms with E-state index in [0.717, 1.165) is 12.1 Å². The number of ether oxygens (including phenoxy) is 2. The van der Waals surface area contributed by atoms with Crippen LogP contribution in [0.15, 0.2) is 12.1 Å². The van der Waals surface area contributed by atoms with Gasteiger partial charge in [-0.05, 0) is 6.07 Å². The van der Waals surface area contributed by atoms with Gasteiger partial charge < -0.3 is 14.8 Å². The van der Waals surface area contributed by atoms with E-state index in [-0.39, 0.29) is 5.75 Å². The molecule has 1 aliphatic heterocycles. The number of hydrogen-bond donors (Lipinski definition) is 1. The predicted molar refractivity (Wildman–Crippen MR) is 50.2 cm³/mol. The van der Waals surface area contributed by atoms with Crippen LogP contribution in [-0.2, 0) is 6.54 Å². The topological polar surface area (TPSA) is 30.5 Å². The van der Waals surface area contributed by atoms with Gasteiger partial charge in [-0.1, -0.05) is 6.07 Å². The molecule has 3 nitrogen and oxygen atoms in total. The number of benzene rings is 1. The first kappa shape index (κ1) is 9.27. The lowest BCUT2D eigenvalue weighted by atomic mass is 10.2. The molecule has 0 amide bonds. The summed E-state index contributed by atoms with van der Waals surface area (Å²) in [6, 6.07) is 3.43. The SMILES string of the molecule is COc1ccc2c(c1F)OCCNC2. The van der Waals surface area contributed by atoms with Gasteiger partial charge in [-0.2, -0.15) is 4.39 Å². The molecule has 0 aliphatic carbocycles. The molecule has 0 aromatic heterocycles. The van der Waals surface area contributed by atoms with E-state index < -0.39 is 5.82 Å². The molecule has 0 fully saturated rings. The van der Waals surface area contributed by atoms with Crippen molar-refractivity contribution in [2.75, 3.05) is 20.3 Å². The van der Waals surface area contributed by atoms with Crippen LogP contribution in [0.2, 0.25) is 0 Å². The predicted octanol–water partition coefficient (Wildman–Crippen LogP) is 1.32. The minimum atomic E-state index is -0.409. The number of fused-ring (bicyclic) bond motifs is 1. The van der Waals surface area contributed by atoms with E-state index in [2.05, 4.69) is 5.32 Å². The third-order valence-corrected chi connectivity index (χ3v) is 2.20. The van der Waals surface area contributed by atoms with Crippen LogP contribution in [0.25, 0.3) is 0 Å². The molecule has 2 rings (SSSR count). The van der Waals surface area contributed by atoms with Gasteiger partial charge in [0.1, 0.15) is 6.61 Å². The van der Waals surface area contributed by atoms with Crippen LogP contribution in [0.4, 0.5) is 4.39 Å². The second-order valence-electron chi connectivity index (χ2n) is 3.10. The maximum atomic E-state index is 13.7. The first-order valence-electron chi connectivity index (χ1n) is 4.52. The molecule has 0 atom stereocenters. The van der Waals surface area contributed by atoms with Crippen molar-refractivity contribution in [1.82, 2.24) is 5.32 Å². The molecule has 4 heteroatoms. The Bertz CT molecular complexity index is 341. The van der Waals surface area contributed by atoms with E-state index in [1.54, 1.807) is 6.07 Å². The summed E-state index contributed by atoms with van der Waals surface area (Å²) in [7, 11) is 1.44. The van der Waals surface area contributed by atoms with Crippen molar-refractivity contribution in [2.24, 2.45) is 0 Å². The Morgan fingerprint density at radius 2 is 2.36 bits per heavy atom. The van der Waals surface area contributed by atoms with Gasteiger partial charge >= 0.3 is 0 Å². The normalized spacial score (nSPS) is 15.3. The number of hydrogen-bond acceptors (Lipinski definition) is 3. The van der Waals surface area contributed by atoms with Crippen LogP contribution in [0.3, 0.4) is 0 Å². The highest BCUT2D eigenvalue weighted by Gasteiger charge is 2.16. The van der Waals surface area contributed by atoms with Crippen LogP contribution in [-0.4, -0.2) is 20.3 Å². The first-order chi connectivity index (χ1) is 6.83. The first-order valence-corrected chi connectivity index (χ1v) is 4.52. The van der Waals surface area contributed by atoms with Crippen LogP contribution in [0.1, 0.15) is 5.56 Å². The number of rotatable bonds is 1. The smallest absolute Gasteiger partial charge is 0.207 e. The van der Waals surface area contributed by atoms with Gasteiger partial charge in [0.15, 0.2) is 11.5 Å². The number of nitrogens with one attached hydrogen (secondary N) is 1. The molecule has 1 aromatic rings. The fourth-order valence-corrected chi connectivity index (χ4v) is 1.48. The molecular formula is C10H12FNO2. The van der Waals surface area contributed by atoms with Gasteiger partial charge in [-0.25, -0.2) is 0 Å². The van der Waals surface area contributed by atoms with Crippen molar-refractivity contribution >= 4 is 0 Å². The fourth-order valence-electron chi connectivity index (χ4n) is 1.48.